The van der Waals surface area contributed by atoms with E-state index in [9.17, 15) is 9.59 Å². The fraction of sp³-hybridized carbons (Fsp3) is 0.385. The third kappa shape index (κ3) is 4.36. The largest absolute Gasteiger partial charge is 0.487 e. The molecular formula is C26H30N2O3. The van der Waals surface area contributed by atoms with E-state index in [-0.39, 0.29) is 0 Å². The second-order valence-corrected chi connectivity index (χ2v) is 8.42. The van der Waals surface area contributed by atoms with Crippen LogP contribution in [0.4, 0.5) is 0 Å². The van der Waals surface area contributed by atoms with Crippen LogP contribution < -0.4 is 10.5 Å². The summed E-state index contributed by atoms with van der Waals surface area (Å²) < 4.78 is 8.21. The van der Waals surface area contributed by atoms with Gasteiger partial charge in [0.05, 0.1) is 11.1 Å². The summed E-state index contributed by atoms with van der Waals surface area (Å²) in [4.78, 5) is 24.9. The minimum atomic E-state index is -0.927. The number of aromatic nitrogens is 1. The molecule has 2 N–H and O–H groups in total. The number of amides is 1. The summed E-state index contributed by atoms with van der Waals surface area (Å²) in [5, 5.41) is 0. The smallest absolute Gasteiger partial charge is 0.289 e. The lowest BCUT2D eigenvalue weighted by Gasteiger charge is -2.22. The molecule has 1 aromatic carbocycles. The number of carbonyl (C=O) groups excluding carboxylic acids is 2. The zero-order chi connectivity index (χ0) is 21.8. The van der Waals surface area contributed by atoms with Gasteiger partial charge in [0.15, 0.2) is 0 Å². The normalized spacial score (nSPS) is 14.6. The number of Topliss-reactive ketones (excluding diaryl/α,β-unsaturated/α-hetero) is 1. The quantitative estimate of drug-likeness (QED) is 0.419. The van der Waals surface area contributed by atoms with Crippen LogP contribution in [0.3, 0.4) is 0 Å². The van der Waals surface area contributed by atoms with Gasteiger partial charge in [-0.1, -0.05) is 69.4 Å². The van der Waals surface area contributed by atoms with Gasteiger partial charge in [-0.25, -0.2) is 0 Å². The highest BCUT2D eigenvalue weighted by Crippen LogP contribution is 2.35. The van der Waals surface area contributed by atoms with Crippen LogP contribution in [-0.2, 0) is 24.2 Å². The van der Waals surface area contributed by atoms with Gasteiger partial charge >= 0.3 is 0 Å². The number of ether oxygens (including phenoxy) is 1. The van der Waals surface area contributed by atoms with Gasteiger partial charge in [0.25, 0.3) is 11.7 Å². The molecule has 4 rings (SSSR count). The Kier molecular flexibility index (Phi) is 6.40. The van der Waals surface area contributed by atoms with Crippen LogP contribution in [0, 0.1) is 5.92 Å². The van der Waals surface area contributed by atoms with Crippen LogP contribution in [0.5, 0.6) is 5.75 Å². The van der Waals surface area contributed by atoms with Crippen molar-refractivity contribution in [2.75, 3.05) is 0 Å². The molecule has 1 fully saturated rings. The Balaban J connectivity index is 1.81. The van der Waals surface area contributed by atoms with E-state index in [0.717, 1.165) is 23.2 Å². The van der Waals surface area contributed by atoms with E-state index >= 15 is 0 Å². The van der Waals surface area contributed by atoms with Gasteiger partial charge in [0.1, 0.15) is 12.4 Å². The van der Waals surface area contributed by atoms with Crippen molar-refractivity contribution in [1.29, 1.82) is 0 Å². The topological polar surface area (TPSA) is 73.8 Å². The first-order valence-corrected chi connectivity index (χ1v) is 11.3. The number of hydrogen-bond acceptors (Lipinski definition) is 3. The fourth-order valence-corrected chi connectivity index (χ4v) is 4.88. The average molecular weight is 419 g/mol. The summed E-state index contributed by atoms with van der Waals surface area (Å²) in [5.74, 6) is -0.368. The van der Waals surface area contributed by atoms with Crippen molar-refractivity contribution in [3.8, 4) is 5.75 Å². The molecule has 0 spiro atoms. The van der Waals surface area contributed by atoms with Crippen molar-refractivity contribution < 1.29 is 14.3 Å². The molecule has 5 heteroatoms. The molecule has 3 aromatic rings. The number of rotatable bonds is 8. The Morgan fingerprint density at radius 1 is 1.06 bits per heavy atom. The van der Waals surface area contributed by atoms with Gasteiger partial charge in [0, 0.05) is 11.9 Å². The SMILES string of the molecule is CCc1c(C(=O)C(N)=O)c2c(OCc3ccccc3)cccn2c1CC1CCCCC1. The molecule has 0 atom stereocenters. The molecule has 162 valence electrons. The molecule has 1 aliphatic rings. The van der Waals surface area contributed by atoms with Crippen molar-refractivity contribution in [3.63, 3.8) is 0 Å². The summed E-state index contributed by atoms with van der Waals surface area (Å²) >= 11 is 0. The molecule has 1 amide bonds. The summed E-state index contributed by atoms with van der Waals surface area (Å²) in [7, 11) is 0. The molecule has 0 aliphatic heterocycles. The Hall–Kier alpha value is -3.08. The molecule has 1 saturated carbocycles. The van der Waals surface area contributed by atoms with Crippen LogP contribution >= 0.6 is 0 Å². The molecular weight excluding hydrogens is 388 g/mol. The molecule has 31 heavy (non-hydrogen) atoms. The van der Waals surface area contributed by atoms with E-state index < -0.39 is 11.7 Å². The first-order chi connectivity index (χ1) is 15.1. The van der Waals surface area contributed by atoms with Crippen molar-refractivity contribution >= 4 is 17.2 Å². The van der Waals surface area contributed by atoms with E-state index in [1.807, 2.05) is 55.6 Å². The van der Waals surface area contributed by atoms with E-state index in [2.05, 4.69) is 4.40 Å². The molecule has 0 unspecified atom stereocenters. The third-order valence-corrected chi connectivity index (χ3v) is 6.38. The predicted molar refractivity (Wildman–Crippen MR) is 121 cm³/mol. The number of hydrogen-bond donors (Lipinski definition) is 1. The highest BCUT2D eigenvalue weighted by atomic mass is 16.5. The number of nitrogens with zero attached hydrogens (tertiary/aromatic N) is 1. The number of nitrogens with two attached hydrogens (primary N) is 1. The maximum Gasteiger partial charge on any atom is 0.289 e. The van der Waals surface area contributed by atoms with Gasteiger partial charge in [-0.05, 0) is 42.0 Å². The van der Waals surface area contributed by atoms with Crippen LogP contribution in [0.25, 0.3) is 5.52 Å². The predicted octanol–water partition coefficient (Wildman–Crippen LogP) is 4.87. The van der Waals surface area contributed by atoms with Crippen LogP contribution in [0.15, 0.2) is 48.7 Å². The molecule has 1 aliphatic carbocycles. The summed E-state index contributed by atoms with van der Waals surface area (Å²) in [6.07, 6.45) is 9.77. The average Bonchev–Trinajstić information content (AvgIpc) is 3.12. The van der Waals surface area contributed by atoms with E-state index in [1.165, 1.54) is 32.1 Å². The molecule has 0 saturated heterocycles. The standard InChI is InChI=1S/C26H30N2O3/c1-2-20-21(16-18-10-5-3-6-11-18)28-15-9-14-22(24(28)23(20)25(29)26(27)30)31-17-19-12-7-4-8-13-19/h4,7-9,12-15,18H,2-3,5-6,10-11,16-17H2,1H3,(H2,27,30). The molecule has 2 aromatic heterocycles. The minimum absolute atomic E-state index is 0.384. The van der Waals surface area contributed by atoms with Crippen molar-refractivity contribution in [3.05, 3.63) is 71.0 Å². The van der Waals surface area contributed by atoms with E-state index in [1.54, 1.807) is 0 Å². The third-order valence-electron chi connectivity index (χ3n) is 6.38. The van der Waals surface area contributed by atoms with Crippen molar-refractivity contribution in [2.45, 2.75) is 58.5 Å². The monoisotopic (exact) mass is 418 g/mol. The van der Waals surface area contributed by atoms with Gasteiger partial charge in [-0.2, -0.15) is 0 Å². The summed E-state index contributed by atoms with van der Waals surface area (Å²) in [6, 6.07) is 13.7. The van der Waals surface area contributed by atoms with E-state index in [0.29, 0.717) is 35.8 Å². The fourth-order valence-electron chi connectivity index (χ4n) is 4.88. The van der Waals surface area contributed by atoms with E-state index in [4.69, 9.17) is 10.5 Å². The van der Waals surface area contributed by atoms with Gasteiger partial charge in [-0.3, -0.25) is 9.59 Å². The van der Waals surface area contributed by atoms with Gasteiger partial charge < -0.3 is 14.9 Å². The molecule has 2 heterocycles. The maximum absolute atomic E-state index is 12.9. The number of primary amides is 1. The van der Waals surface area contributed by atoms with Crippen LogP contribution in [-0.4, -0.2) is 16.1 Å². The second-order valence-electron chi connectivity index (χ2n) is 8.42. The number of ketones is 1. The number of carbonyl (C=O) groups is 2. The summed E-state index contributed by atoms with van der Waals surface area (Å²) in [6.45, 7) is 2.41. The Morgan fingerprint density at radius 3 is 2.48 bits per heavy atom. The lowest BCUT2D eigenvalue weighted by Crippen LogP contribution is -2.24. The first-order valence-electron chi connectivity index (χ1n) is 11.3. The zero-order valence-electron chi connectivity index (χ0n) is 18.1. The lowest BCUT2D eigenvalue weighted by atomic mass is 9.85. The van der Waals surface area contributed by atoms with Crippen molar-refractivity contribution in [2.24, 2.45) is 11.7 Å². The number of fused-ring (bicyclic) bond motifs is 1. The summed E-state index contributed by atoms with van der Waals surface area (Å²) in [5.41, 5.74) is 9.59. The maximum atomic E-state index is 12.9. The number of benzene rings is 1. The van der Waals surface area contributed by atoms with Crippen molar-refractivity contribution in [1.82, 2.24) is 4.40 Å². The molecule has 5 nitrogen and oxygen atoms in total. The number of pyridine rings is 1. The Labute approximate surface area is 183 Å². The van der Waals surface area contributed by atoms with Crippen LogP contribution in [0.2, 0.25) is 0 Å². The van der Waals surface area contributed by atoms with Gasteiger partial charge in [-0.15, -0.1) is 0 Å². The highest BCUT2D eigenvalue weighted by molar-refractivity contribution is 6.44. The second kappa shape index (κ2) is 9.38. The zero-order valence-corrected chi connectivity index (χ0v) is 18.1. The van der Waals surface area contributed by atoms with Crippen LogP contribution in [0.1, 0.15) is 66.2 Å². The Morgan fingerprint density at radius 2 is 1.81 bits per heavy atom. The highest BCUT2D eigenvalue weighted by Gasteiger charge is 2.29. The Bertz CT molecular complexity index is 1080. The molecule has 0 bridgehead atoms. The first kappa shape index (κ1) is 21.2. The molecule has 0 radical (unpaired) electrons. The minimum Gasteiger partial charge on any atom is -0.487 e. The lowest BCUT2D eigenvalue weighted by molar-refractivity contribution is -0.114. The van der Waals surface area contributed by atoms with Gasteiger partial charge in [0.2, 0.25) is 0 Å².